The Bertz CT molecular complexity index is 338. The van der Waals surface area contributed by atoms with E-state index in [2.05, 4.69) is 20.4 Å². The van der Waals surface area contributed by atoms with Gasteiger partial charge >= 0.3 is 0 Å². The molecule has 1 aliphatic rings. The Morgan fingerprint density at radius 1 is 1.22 bits per heavy atom. The highest BCUT2D eigenvalue weighted by molar-refractivity contribution is 5.38. The Hall–Kier alpha value is -1.40. The minimum Gasteiger partial charge on any atom is -0.474 e. The second kappa shape index (κ2) is 7.13. The number of hydrogen-bond donors (Lipinski definition) is 1. The van der Waals surface area contributed by atoms with Crippen LogP contribution in [0.1, 0.15) is 6.92 Å². The minimum atomic E-state index is 0.509. The summed E-state index contributed by atoms with van der Waals surface area (Å²) < 4.78 is 10.6. The molecule has 1 aromatic rings. The van der Waals surface area contributed by atoms with Crippen LogP contribution in [0, 0.1) is 0 Å². The van der Waals surface area contributed by atoms with Gasteiger partial charge in [0.15, 0.2) is 5.82 Å². The molecule has 0 aromatic carbocycles. The maximum absolute atomic E-state index is 5.42. The van der Waals surface area contributed by atoms with Crippen molar-refractivity contribution in [2.45, 2.75) is 6.92 Å². The number of hydrogen-bond acceptors (Lipinski definition) is 6. The van der Waals surface area contributed by atoms with Gasteiger partial charge in [0.25, 0.3) is 0 Å². The van der Waals surface area contributed by atoms with Crippen LogP contribution in [-0.4, -0.2) is 56.2 Å². The number of aromatic nitrogens is 2. The zero-order chi connectivity index (χ0) is 12.6. The maximum Gasteiger partial charge on any atom is 0.233 e. The largest absolute Gasteiger partial charge is 0.474 e. The fourth-order valence-corrected chi connectivity index (χ4v) is 1.80. The summed E-state index contributed by atoms with van der Waals surface area (Å²) in [6.45, 7) is 7.69. The molecule has 0 aliphatic carbocycles. The number of nitrogens with zero attached hydrogens (tertiary/aromatic N) is 3. The third-order valence-electron chi connectivity index (χ3n) is 2.75. The van der Waals surface area contributed by atoms with E-state index in [-0.39, 0.29) is 0 Å². The van der Waals surface area contributed by atoms with Crippen molar-refractivity contribution in [1.82, 2.24) is 15.5 Å². The fourth-order valence-electron chi connectivity index (χ4n) is 1.80. The molecule has 0 radical (unpaired) electrons. The van der Waals surface area contributed by atoms with Crippen molar-refractivity contribution in [3.8, 4) is 5.88 Å². The van der Waals surface area contributed by atoms with Crippen LogP contribution in [0.2, 0.25) is 0 Å². The smallest absolute Gasteiger partial charge is 0.233 e. The van der Waals surface area contributed by atoms with E-state index < -0.39 is 0 Å². The molecule has 0 amide bonds. The van der Waals surface area contributed by atoms with Gasteiger partial charge in [-0.15, -0.1) is 10.2 Å². The summed E-state index contributed by atoms with van der Waals surface area (Å²) in [4.78, 5) is 2.22. The molecule has 0 bridgehead atoms. The van der Waals surface area contributed by atoms with E-state index in [0.717, 1.165) is 32.0 Å². The van der Waals surface area contributed by atoms with Crippen molar-refractivity contribution >= 4 is 5.82 Å². The molecular weight excluding hydrogens is 232 g/mol. The fraction of sp³-hybridized carbons (Fsp3) is 0.667. The highest BCUT2D eigenvalue weighted by Crippen LogP contribution is 2.13. The van der Waals surface area contributed by atoms with Crippen LogP contribution in [-0.2, 0) is 4.74 Å². The molecule has 6 heteroatoms. The van der Waals surface area contributed by atoms with Gasteiger partial charge in [0.1, 0.15) is 6.61 Å². The number of rotatable bonds is 6. The quantitative estimate of drug-likeness (QED) is 0.735. The lowest BCUT2D eigenvalue weighted by Crippen LogP contribution is -2.43. The lowest BCUT2D eigenvalue weighted by molar-refractivity contribution is 0.108. The molecule has 1 fully saturated rings. The standard InChI is InChI=1S/C12H20N4O2/c1-2-17-9-10-18-12-4-3-11(14-15-12)16-7-5-13-6-8-16/h3-4,13H,2,5-10H2,1H3. The third kappa shape index (κ3) is 3.82. The van der Waals surface area contributed by atoms with Gasteiger partial charge in [-0.2, -0.15) is 0 Å². The summed E-state index contributed by atoms with van der Waals surface area (Å²) in [6.07, 6.45) is 0. The highest BCUT2D eigenvalue weighted by atomic mass is 16.5. The average Bonchev–Trinajstić information content (AvgIpc) is 2.45. The predicted octanol–water partition coefficient (Wildman–Crippen LogP) is 0.301. The molecule has 0 spiro atoms. The highest BCUT2D eigenvalue weighted by Gasteiger charge is 2.11. The van der Waals surface area contributed by atoms with Crippen LogP contribution in [0.15, 0.2) is 12.1 Å². The minimum absolute atomic E-state index is 0.509. The SMILES string of the molecule is CCOCCOc1ccc(N2CCNCC2)nn1. The molecule has 0 atom stereocenters. The van der Waals surface area contributed by atoms with Crippen LogP contribution in [0.25, 0.3) is 0 Å². The summed E-state index contributed by atoms with van der Waals surface area (Å²) in [7, 11) is 0. The van der Waals surface area contributed by atoms with Crippen molar-refractivity contribution in [2.24, 2.45) is 0 Å². The zero-order valence-electron chi connectivity index (χ0n) is 10.8. The number of nitrogens with one attached hydrogen (secondary N) is 1. The average molecular weight is 252 g/mol. The first kappa shape index (κ1) is 13.0. The molecule has 1 aromatic heterocycles. The van der Waals surface area contributed by atoms with Crippen LogP contribution < -0.4 is 15.0 Å². The van der Waals surface area contributed by atoms with E-state index in [1.165, 1.54) is 0 Å². The monoisotopic (exact) mass is 252 g/mol. The summed E-state index contributed by atoms with van der Waals surface area (Å²) in [5, 5.41) is 11.6. The third-order valence-corrected chi connectivity index (χ3v) is 2.75. The van der Waals surface area contributed by atoms with Gasteiger partial charge in [0.05, 0.1) is 6.61 Å². The molecule has 1 N–H and O–H groups in total. The Balaban J connectivity index is 1.81. The summed E-state index contributed by atoms with van der Waals surface area (Å²) >= 11 is 0. The van der Waals surface area contributed by atoms with Crippen molar-refractivity contribution in [1.29, 1.82) is 0 Å². The summed E-state index contributed by atoms with van der Waals surface area (Å²) in [5.74, 6) is 1.46. The topological polar surface area (TPSA) is 59.5 Å². The Morgan fingerprint density at radius 3 is 2.72 bits per heavy atom. The van der Waals surface area contributed by atoms with Crippen LogP contribution in [0.4, 0.5) is 5.82 Å². The maximum atomic E-state index is 5.42. The first-order valence-corrected chi connectivity index (χ1v) is 6.40. The van der Waals surface area contributed by atoms with Gasteiger partial charge in [-0.05, 0) is 13.0 Å². The molecular formula is C12H20N4O2. The van der Waals surface area contributed by atoms with Gasteiger partial charge < -0.3 is 19.7 Å². The molecule has 2 rings (SSSR count). The lowest BCUT2D eigenvalue weighted by Gasteiger charge is -2.27. The van der Waals surface area contributed by atoms with Gasteiger partial charge in [-0.3, -0.25) is 0 Å². The van der Waals surface area contributed by atoms with E-state index in [1.54, 1.807) is 0 Å². The molecule has 1 saturated heterocycles. The van der Waals surface area contributed by atoms with Gasteiger partial charge in [0.2, 0.25) is 5.88 Å². The van der Waals surface area contributed by atoms with Gasteiger partial charge in [-0.25, -0.2) is 0 Å². The van der Waals surface area contributed by atoms with Crippen molar-refractivity contribution in [2.75, 3.05) is 50.9 Å². The second-order valence-electron chi connectivity index (χ2n) is 4.01. The second-order valence-corrected chi connectivity index (χ2v) is 4.01. The van der Waals surface area contributed by atoms with Crippen molar-refractivity contribution < 1.29 is 9.47 Å². The predicted molar refractivity (Wildman–Crippen MR) is 69.1 cm³/mol. The molecule has 6 nitrogen and oxygen atoms in total. The molecule has 1 aliphatic heterocycles. The Labute approximate surface area is 107 Å². The lowest BCUT2D eigenvalue weighted by atomic mass is 10.3. The molecule has 0 saturated carbocycles. The Morgan fingerprint density at radius 2 is 2.06 bits per heavy atom. The molecule has 100 valence electrons. The number of anilines is 1. The van der Waals surface area contributed by atoms with Crippen molar-refractivity contribution in [3.63, 3.8) is 0 Å². The summed E-state index contributed by atoms with van der Waals surface area (Å²) in [6, 6.07) is 3.81. The molecule has 2 heterocycles. The van der Waals surface area contributed by atoms with Crippen LogP contribution >= 0.6 is 0 Å². The first-order chi connectivity index (χ1) is 8.90. The van der Waals surface area contributed by atoms with E-state index in [9.17, 15) is 0 Å². The van der Waals surface area contributed by atoms with Gasteiger partial charge in [-0.1, -0.05) is 0 Å². The van der Waals surface area contributed by atoms with Crippen molar-refractivity contribution in [3.05, 3.63) is 12.1 Å². The van der Waals surface area contributed by atoms with E-state index in [0.29, 0.717) is 25.7 Å². The van der Waals surface area contributed by atoms with E-state index in [1.807, 2.05) is 19.1 Å². The summed E-state index contributed by atoms with van der Waals surface area (Å²) in [5.41, 5.74) is 0. The first-order valence-electron chi connectivity index (χ1n) is 6.40. The number of piperazine rings is 1. The zero-order valence-corrected chi connectivity index (χ0v) is 10.8. The molecule has 18 heavy (non-hydrogen) atoms. The molecule has 0 unspecified atom stereocenters. The van der Waals surface area contributed by atoms with Crippen LogP contribution in [0.5, 0.6) is 5.88 Å². The van der Waals surface area contributed by atoms with E-state index in [4.69, 9.17) is 9.47 Å². The Kier molecular flexibility index (Phi) is 5.16. The number of ether oxygens (including phenoxy) is 2. The normalized spacial score (nSPS) is 15.7. The van der Waals surface area contributed by atoms with Gasteiger partial charge in [0, 0.05) is 38.9 Å². The van der Waals surface area contributed by atoms with Crippen LogP contribution in [0.3, 0.4) is 0 Å². The van der Waals surface area contributed by atoms with E-state index >= 15 is 0 Å².